The van der Waals surface area contributed by atoms with Gasteiger partial charge in [-0.05, 0) is 67.1 Å². The van der Waals surface area contributed by atoms with Crippen molar-refractivity contribution >= 4 is 23.4 Å². The normalized spacial score (nSPS) is 12.2. The van der Waals surface area contributed by atoms with E-state index in [-0.39, 0.29) is 17.0 Å². The van der Waals surface area contributed by atoms with Crippen LogP contribution < -0.4 is 9.64 Å². The van der Waals surface area contributed by atoms with Crippen molar-refractivity contribution in [2.75, 3.05) is 18.1 Å². The number of hydrogen-bond donors (Lipinski definition) is 0. The van der Waals surface area contributed by atoms with Gasteiger partial charge in [0.15, 0.2) is 0 Å². The first kappa shape index (κ1) is 23.5. The predicted molar refractivity (Wildman–Crippen MR) is 131 cm³/mol. The second kappa shape index (κ2) is 10.1. The lowest BCUT2D eigenvalue weighted by Gasteiger charge is -2.21. The third-order valence-electron chi connectivity index (χ3n) is 5.63. The Kier molecular flexibility index (Phi) is 6.74. The molecule has 0 aromatic heterocycles. The highest BCUT2D eigenvalue weighted by Crippen LogP contribution is 2.30. The molecule has 0 spiro atoms. The molecule has 1 aliphatic heterocycles. The fourth-order valence-electron chi connectivity index (χ4n) is 3.93. The van der Waals surface area contributed by atoms with Crippen LogP contribution in [-0.2, 0) is 6.54 Å². The van der Waals surface area contributed by atoms with E-state index < -0.39 is 11.8 Å². The number of rotatable bonds is 8. The van der Waals surface area contributed by atoms with Crippen LogP contribution in [0.25, 0.3) is 0 Å². The van der Waals surface area contributed by atoms with Gasteiger partial charge in [-0.25, -0.2) is 4.90 Å². The number of nitriles is 1. The van der Waals surface area contributed by atoms with Crippen LogP contribution in [0.15, 0.2) is 79.4 Å². The second-order valence-corrected chi connectivity index (χ2v) is 7.92. The van der Waals surface area contributed by atoms with Crippen molar-refractivity contribution in [2.45, 2.75) is 13.5 Å². The summed E-state index contributed by atoms with van der Waals surface area (Å²) in [7, 11) is 0. The summed E-state index contributed by atoms with van der Waals surface area (Å²) in [6.07, 6.45) is 1.62. The van der Waals surface area contributed by atoms with Crippen LogP contribution >= 0.6 is 0 Å². The molecule has 0 unspecified atom stereocenters. The molecule has 0 saturated carbocycles. The van der Waals surface area contributed by atoms with Crippen molar-refractivity contribution in [3.05, 3.63) is 107 Å². The predicted octanol–water partition coefficient (Wildman–Crippen LogP) is 4.59. The molecule has 1 heterocycles. The van der Waals surface area contributed by atoms with Gasteiger partial charge in [0.25, 0.3) is 17.7 Å². The van der Waals surface area contributed by atoms with E-state index in [2.05, 4.69) is 12.6 Å². The summed E-state index contributed by atoms with van der Waals surface area (Å²) in [6, 6.07) is 20.3. The zero-order valence-corrected chi connectivity index (χ0v) is 19.2. The van der Waals surface area contributed by atoms with E-state index in [9.17, 15) is 14.4 Å². The number of fused-ring (bicyclic) bond motifs is 1. The molecular weight excluding hydrogens is 442 g/mol. The molecule has 7 heteroatoms. The number of hydrogen-bond acceptors (Lipinski definition) is 5. The van der Waals surface area contributed by atoms with E-state index in [0.29, 0.717) is 42.3 Å². The van der Waals surface area contributed by atoms with Crippen molar-refractivity contribution in [1.29, 1.82) is 5.26 Å². The van der Waals surface area contributed by atoms with Crippen molar-refractivity contribution in [3.63, 3.8) is 0 Å². The Bertz CT molecular complexity index is 1340. The Hall–Kier alpha value is -4.70. The zero-order valence-electron chi connectivity index (χ0n) is 19.2. The smallest absolute Gasteiger partial charge is 0.266 e. The molecule has 7 nitrogen and oxygen atoms in total. The maximum absolute atomic E-state index is 13.3. The lowest BCUT2D eigenvalue weighted by atomic mass is 10.0. The quantitative estimate of drug-likeness (QED) is 0.359. The maximum atomic E-state index is 13.3. The average molecular weight is 466 g/mol. The third kappa shape index (κ3) is 4.68. The second-order valence-electron chi connectivity index (χ2n) is 7.92. The van der Waals surface area contributed by atoms with E-state index in [0.717, 1.165) is 10.5 Å². The lowest BCUT2D eigenvalue weighted by molar-refractivity contribution is 0.0762. The molecule has 4 rings (SSSR count). The van der Waals surface area contributed by atoms with E-state index in [1.807, 2.05) is 6.92 Å². The summed E-state index contributed by atoms with van der Waals surface area (Å²) in [5, 5.41) is 8.99. The molecule has 174 valence electrons. The maximum Gasteiger partial charge on any atom is 0.266 e. The van der Waals surface area contributed by atoms with Gasteiger partial charge in [-0.3, -0.25) is 14.4 Å². The van der Waals surface area contributed by atoms with Gasteiger partial charge in [-0.15, -0.1) is 6.58 Å². The number of amides is 3. The Morgan fingerprint density at radius 1 is 1.03 bits per heavy atom. The highest BCUT2D eigenvalue weighted by atomic mass is 16.5. The fraction of sp³-hybridized carbons (Fsp3) is 0.143. The first-order valence-electron chi connectivity index (χ1n) is 11.1. The van der Waals surface area contributed by atoms with Crippen LogP contribution in [0.4, 0.5) is 5.69 Å². The van der Waals surface area contributed by atoms with E-state index >= 15 is 0 Å². The first-order chi connectivity index (χ1) is 17.0. The molecule has 0 aliphatic carbocycles. The average Bonchev–Trinajstić information content (AvgIpc) is 3.13. The molecule has 0 N–H and O–H groups in total. The van der Waals surface area contributed by atoms with Gasteiger partial charge < -0.3 is 9.64 Å². The van der Waals surface area contributed by atoms with Crippen molar-refractivity contribution in [2.24, 2.45) is 0 Å². The molecule has 0 saturated heterocycles. The number of carbonyl (C=O) groups is 3. The largest absolute Gasteiger partial charge is 0.494 e. The third-order valence-corrected chi connectivity index (χ3v) is 5.63. The van der Waals surface area contributed by atoms with Crippen LogP contribution in [0.5, 0.6) is 5.75 Å². The van der Waals surface area contributed by atoms with E-state index in [1.165, 1.54) is 12.1 Å². The SMILES string of the molecule is C=CCN(Cc1ccc(C#N)cc1)C(=O)c1ccc2c(c1)C(=O)N(c1ccc(OCC)cc1)C2=O. The lowest BCUT2D eigenvalue weighted by Crippen LogP contribution is -2.31. The van der Waals surface area contributed by atoms with Gasteiger partial charge in [0.05, 0.1) is 35.1 Å². The number of anilines is 1. The fourth-order valence-corrected chi connectivity index (χ4v) is 3.93. The molecule has 0 atom stereocenters. The summed E-state index contributed by atoms with van der Waals surface area (Å²) in [5.74, 6) is -0.568. The van der Waals surface area contributed by atoms with Crippen LogP contribution in [0.2, 0.25) is 0 Å². The molecule has 0 fully saturated rings. The molecule has 1 aliphatic rings. The van der Waals surface area contributed by atoms with Gasteiger partial charge >= 0.3 is 0 Å². The molecule has 35 heavy (non-hydrogen) atoms. The Labute approximate surface area is 203 Å². The van der Waals surface area contributed by atoms with Gasteiger partial charge in [0, 0.05) is 18.7 Å². The number of carbonyl (C=O) groups excluding carboxylic acids is 3. The van der Waals surface area contributed by atoms with Gasteiger partial charge in [0.2, 0.25) is 0 Å². The minimum atomic E-state index is -0.480. The highest BCUT2D eigenvalue weighted by molar-refractivity contribution is 6.34. The zero-order chi connectivity index (χ0) is 24.9. The summed E-state index contributed by atoms with van der Waals surface area (Å²) in [4.78, 5) is 42.1. The summed E-state index contributed by atoms with van der Waals surface area (Å²) < 4.78 is 5.43. The Morgan fingerprint density at radius 2 is 1.71 bits per heavy atom. The van der Waals surface area contributed by atoms with Crippen LogP contribution in [-0.4, -0.2) is 35.8 Å². The van der Waals surface area contributed by atoms with Crippen molar-refractivity contribution in [1.82, 2.24) is 4.90 Å². The number of nitrogens with zero attached hydrogens (tertiary/aromatic N) is 3. The number of benzene rings is 3. The molecule has 3 aromatic rings. The highest BCUT2D eigenvalue weighted by Gasteiger charge is 2.37. The van der Waals surface area contributed by atoms with Gasteiger partial charge in [-0.2, -0.15) is 5.26 Å². The molecule has 0 radical (unpaired) electrons. The molecule has 3 amide bonds. The minimum Gasteiger partial charge on any atom is -0.494 e. The number of ether oxygens (including phenoxy) is 1. The van der Waals surface area contributed by atoms with Crippen LogP contribution in [0, 0.1) is 11.3 Å². The van der Waals surface area contributed by atoms with E-state index in [1.54, 1.807) is 65.6 Å². The topological polar surface area (TPSA) is 90.7 Å². The van der Waals surface area contributed by atoms with Crippen LogP contribution in [0.3, 0.4) is 0 Å². The van der Waals surface area contributed by atoms with Crippen LogP contribution in [0.1, 0.15) is 49.1 Å². The van der Waals surface area contributed by atoms with Crippen molar-refractivity contribution in [3.8, 4) is 11.8 Å². The summed E-state index contributed by atoms with van der Waals surface area (Å²) >= 11 is 0. The van der Waals surface area contributed by atoms with Crippen molar-refractivity contribution < 1.29 is 19.1 Å². The Balaban J connectivity index is 1.58. The standard InChI is InChI=1S/C28H23N3O4/c1-3-15-30(18-20-7-5-19(17-29)6-8-20)26(32)21-9-14-24-25(16-21)28(34)31(27(24)33)22-10-12-23(13-11-22)35-4-2/h3,5-14,16H,1,4,15,18H2,2H3. The molecule has 3 aromatic carbocycles. The van der Waals surface area contributed by atoms with Gasteiger partial charge in [0.1, 0.15) is 5.75 Å². The van der Waals surface area contributed by atoms with E-state index in [4.69, 9.17) is 10.00 Å². The minimum absolute atomic E-state index is 0.187. The van der Waals surface area contributed by atoms with Gasteiger partial charge in [-0.1, -0.05) is 18.2 Å². The summed E-state index contributed by atoms with van der Waals surface area (Å²) in [6.45, 7) is 6.72. The Morgan fingerprint density at radius 3 is 2.34 bits per heavy atom. The molecular formula is C28H23N3O4. The summed E-state index contributed by atoms with van der Waals surface area (Å²) in [5.41, 5.74) is 2.56. The molecule has 0 bridgehead atoms. The monoisotopic (exact) mass is 465 g/mol. The first-order valence-corrected chi connectivity index (χ1v) is 11.1. The number of imide groups is 1.